The van der Waals surface area contributed by atoms with Gasteiger partial charge in [-0.1, -0.05) is 53.2 Å². The molecule has 7 heteroatoms. The molecule has 0 spiro atoms. The third-order valence-corrected chi connectivity index (χ3v) is 5.70. The molecule has 0 fully saturated rings. The summed E-state index contributed by atoms with van der Waals surface area (Å²) in [5.41, 5.74) is 1.60. The Hall–Kier alpha value is -2.65. The van der Waals surface area contributed by atoms with Crippen LogP contribution in [0.15, 0.2) is 76.2 Å². The Balaban J connectivity index is 1.91. The molecular weight excluding hydrogens is 415 g/mol. The smallest absolute Gasteiger partial charge is 0.266 e. The number of hydrogen-bond donors (Lipinski definition) is 0. The van der Waals surface area contributed by atoms with Crippen LogP contribution < -0.4 is 0 Å². The number of hydrogen-bond acceptors (Lipinski definition) is 3. The highest BCUT2D eigenvalue weighted by atomic mass is 35.5. The minimum absolute atomic E-state index is 0.197. The van der Waals surface area contributed by atoms with Crippen molar-refractivity contribution in [1.29, 1.82) is 0 Å². The van der Waals surface area contributed by atoms with Crippen molar-refractivity contribution in [2.24, 2.45) is 4.36 Å². The Morgan fingerprint density at radius 2 is 1.61 bits per heavy atom. The van der Waals surface area contributed by atoms with E-state index >= 15 is 0 Å². The van der Waals surface area contributed by atoms with Crippen LogP contribution in [0.3, 0.4) is 0 Å². The van der Waals surface area contributed by atoms with Crippen molar-refractivity contribution in [2.75, 3.05) is 6.26 Å². The maximum Gasteiger partial charge on any atom is 0.286 e. The van der Waals surface area contributed by atoms with Gasteiger partial charge in [-0.3, -0.25) is 9.78 Å². The van der Waals surface area contributed by atoms with Crippen LogP contribution in [-0.4, -0.2) is 21.4 Å². The molecule has 0 bridgehead atoms. The van der Waals surface area contributed by atoms with Crippen molar-refractivity contribution < 1.29 is 9.00 Å². The Morgan fingerprint density at radius 3 is 2.29 bits per heavy atom. The van der Waals surface area contributed by atoms with Gasteiger partial charge in [0.1, 0.15) is 0 Å². The third kappa shape index (κ3) is 5.20. The predicted octanol–water partition coefficient (Wildman–Crippen LogP) is 5.09. The van der Waals surface area contributed by atoms with Gasteiger partial charge in [0, 0.05) is 39.8 Å². The van der Waals surface area contributed by atoms with Gasteiger partial charge in [0.2, 0.25) is 0 Å². The zero-order valence-electron chi connectivity index (χ0n) is 14.7. The third-order valence-electron chi connectivity index (χ3n) is 3.64. The van der Waals surface area contributed by atoms with Crippen LogP contribution in [0.5, 0.6) is 0 Å². The van der Waals surface area contributed by atoms with E-state index in [4.69, 9.17) is 23.2 Å². The van der Waals surface area contributed by atoms with E-state index in [2.05, 4.69) is 21.2 Å². The number of benzene rings is 2. The van der Waals surface area contributed by atoms with Crippen molar-refractivity contribution in [3.05, 3.63) is 93.7 Å². The molecular formula is C21H14Cl2N2O2S. The van der Waals surface area contributed by atoms with Crippen LogP contribution in [-0.2, 0) is 9.73 Å². The van der Waals surface area contributed by atoms with E-state index in [-0.39, 0.29) is 10.5 Å². The highest BCUT2D eigenvalue weighted by Gasteiger charge is 2.13. The van der Waals surface area contributed by atoms with Crippen LogP contribution in [0.1, 0.15) is 21.5 Å². The quantitative estimate of drug-likeness (QED) is 0.534. The molecule has 0 saturated carbocycles. The molecule has 3 aromatic rings. The first-order valence-corrected chi connectivity index (χ1v) is 10.8. The summed E-state index contributed by atoms with van der Waals surface area (Å²) in [7, 11) is -3.03. The average molecular weight is 429 g/mol. The van der Waals surface area contributed by atoms with Gasteiger partial charge in [0.05, 0.1) is 20.2 Å². The van der Waals surface area contributed by atoms with Crippen LogP contribution in [0.25, 0.3) is 0 Å². The number of nitrogens with zero attached hydrogens (tertiary/aromatic N) is 2. The summed E-state index contributed by atoms with van der Waals surface area (Å²) in [4.78, 5) is 16.8. The molecule has 1 aromatic heterocycles. The lowest BCUT2D eigenvalue weighted by Gasteiger charge is -2.05. The van der Waals surface area contributed by atoms with Gasteiger partial charge in [0.15, 0.2) is 0 Å². The van der Waals surface area contributed by atoms with Crippen molar-refractivity contribution in [3.63, 3.8) is 0 Å². The molecule has 1 unspecified atom stereocenters. The van der Waals surface area contributed by atoms with Gasteiger partial charge >= 0.3 is 0 Å². The molecule has 0 radical (unpaired) electrons. The average Bonchev–Trinajstić information content (AvgIpc) is 2.66. The van der Waals surface area contributed by atoms with Crippen molar-refractivity contribution in [1.82, 2.24) is 4.98 Å². The zero-order chi connectivity index (χ0) is 20.1. The Kier molecular flexibility index (Phi) is 6.15. The van der Waals surface area contributed by atoms with Crippen LogP contribution >= 0.6 is 23.2 Å². The summed E-state index contributed by atoms with van der Waals surface area (Å²) in [6.07, 6.45) is 4.27. The topological polar surface area (TPSA) is 59.4 Å². The molecule has 3 rings (SSSR count). The SMILES string of the molecule is CS(=O)(=NC(=O)c1cncc(C#Cc2ccccc2)c1)c1cc(Cl)cc(Cl)c1. The number of carbonyl (C=O) groups is 1. The van der Waals surface area contributed by atoms with E-state index in [0.717, 1.165) is 5.56 Å². The molecule has 4 nitrogen and oxygen atoms in total. The second kappa shape index (κ2) is 8.57. The number of carbonyl (C=O) groups excluding carboxylic acids is 1. The molecule has 2 aromatic carbocycles. The highest BCUT2D eigenvalue weighted by molar-refractivity contribution is 7.93. The minimum Gasteiger partial charge on any atom is -0.266 e. The fourth-order valence-corrected chi connectivity index (χ4v) is 4.18. The van der Waals surface area contributed by atoms with E-state index < -0.39 is 15.6 Å². The van der Waals surface area contributed by atoms with Gasteiger partial charge < -0.3 is 0 Å². The van der Waals surface area contributed by atoms with E-state index in [1.54, 1.807) is 12.3 Å². The zero-order valence-corrected chi connectivity index (χ0v) is 17.1. The Bertz CT molecular complexity index is 1200. The highest BCUT2D eigenvalue weighted by Crippen LogP contribution is 2.23. The molecule has 0 N–H and O–H groups in total. The molecule has 0 saturated heterocycles. The van der Waals surface area contributed by atoms with Gasteiger partial charge in [-0.05, 0) is 36.4 Å². The maximum atomic E-state index is 12.9. The maximum absolute atomic E-state index is 12.9. The lowest BCUT2D eigenvalue weighted by Crippen LogP contribution is -2.04. The predicted molar refractivity (Wildman–Crippen MR) is 112 cm³/mol. The second-order valence-corrected chi connectivity index (χ2v) is 9.01. The number of aromatic nitrogens is 1. The fourth-order valence-electron chi connectivity index (χ4n) is 2.30. The summed E-state index contributed by atoms with van der Waals surface area (Å²) in [6.45, 7) is 0. The van der Waals surface area contributed by atoms with Crippen LogP contribution in [0, 0.1) is 11.8 Å². The number of amides is 1. The minimum atomic E-state index is -3.03. The summed E-state index contributed by atoms with van der Waals surface area (Å²) in [5, 5.41) is 0.638. The second-order valence-electron chi connectivity index (χ2n) is 5.88. The molecule has 0 aliphatic heterocycles. The lowest BCUT2D eigenvalue weighted by molar-refractivity contribution is 0.100. The number of rotatable bonds is 2. The van der Waals surface area contributed by atoms with Crippen LogP contribution in [0.2, 0.25) is 10.0 Å². The molecule has 1 atom stereocenters. The first-order chi connectivity index (χ1) is 13.3. The van der Waals surface area contributed by atoms with Gasteiger partial charge in [0.25, 0.3) is 5.91 Å². The largest absolute Gasteiger partial charge is 0.286 e. The van der Waals surface area contributed by atoms with Gasteiger partial charge in [-0.15, -0.1) is 0 Å². The van der Waals surface area contributed by atoms with E-state index in [1.807, 2.05) is 30.3 Å². The van der Waals surface area contributed by atoms with Gasteiger partial charge in [-0.2, -0.15) is 4.36 Å². The fraction of sp³-hybridized carbons (Fsp3) is 0.0476. The standard InChI is InChI=1S/C21H14Cl2N2O2S/c1-28(27,20-11-18(22)10-19(23)12-20)25-21(26)17-9-16(13-24-14-17)8-7-15-5-3-2-4-6-15/h2-6,9-14H,1H3. The normalized spacial score (nSPS) is 12.4. The molecule has 1 amide bonds. The molecule has 140 valence electrons. The van der Waals surface area contributed by atoms with Crippen molar-refractivity contribution in [3.8, 4) is 11.8 Å². The van der Waals surface area contributed by atoms with Gasteiger partial charge in [-0.25, -0.2) is 4.21 Å². The number of halogens is 2. The molecule has 1 heterocycles. The summed E-state index contributed by atoms with van der Waals surface area (Å²) in [6, 6.07) is 15.5. The van der Waals surface area contributed by atoms with Crippen LogP contribution in [0.4, 0.5) is 0 Å². The molecule has 0 aliphatic carbocycles. The Morgan fingerprint density at radius 1 is 0.964 bits per heavy atom. The Labute approximate surface area is 173 Å². The molecule has 0 aliphatic rings. The van der Waals surface area contributed by atoms with Crippen molar-refractivity contribution in [2.45, 2.75) is 4.90 Å². The summed E-state index contributed by atoms with van der Waals surface area (Å²) < 4.78 is 16.8. The lowest BCUT2D eigenvalue weighted by atomic mass is 10.2. The number of pyridine rings is 1. The first kappa shape index (κ1) is 20.1. The van der Waals surface area contributed by atoms with Crippen molar-refractivity contribution >= 4 is 38.8 Å². The summed E-state index contributed by atoms with van der Waals surface area (Å²) >= 11 is 11.9. The monoisotopic (exact) mass is 428 g/mol. The van der Waals surface area contributed by atoms with E-state index in [0.29, 0.717) is 15.6 Å². The molecule has 28 heavy (non-hydrogen) atoms. The van der Waals surface area contributed by atoms with E-state index in [9.17, 15) is 9.00 Å². The first-order valence-electron chi connectivity index (χ1n) is 8.08. The summed E-state index contributed by atoms with van der Waals surface area (Å²) in [5.74, 6) is 5.30. The van der Waals surface area contributed by atoms with E-state index in [1.165, 1.54) is 30.7 Å².